The maximum absolute atomic E-state index is 13.3. The van der Waals surface area contributed by atoms with E-state index >= 15 is 0 Å². The van der Waals surface area contributed by atoms with Crippen molar-refractivity contribution < 1.29 is 13.2 Å². The quantitative estimate of drug-likeness (QED) is 0.605. The second kappa shape index (κ2) is 8.24. The molecule has 0 spiro atoms. The Morgan fingerprint density at radius 3 is 2.50 bits per heavy atom. The molecule has 2 aromatic carbocycles. The molecule has 1 amide bonds. The lowest BCUT2D eigenvalue weighted by atomic mass is 10.1. The minimum Gasteiger partial charge on any atom is -0.338 e. The van der Waals surface area contributed by atoms with Gasteiger partial charge in [-0.15, -0.1) is 0 Å². The number of rotatable bonds is 5. The number of carbonyl (C=O) groups excluding carboxylic acids is 1. The van der Waals surface area contributed by atoms with Gasteiger partial charge in [0.1, 0.15) is 5.69 Å². The number of halogens is 1. The van der Waals surface area contributed by atoms with Crippen molar-refractivity contribution in [1.29, 1.82) is 0 Å². The third kappa shape index (κ3) is 4.42. The topological polar surface area (TPSA) is 72.3 Å². The predicted molar refractivity (Wildman–Crippen MR) is 117 cm³/mol. The summed E-state index contributed by atoms with van der Waals surface area (Å²) in [5, 5.41) is 5.27. The number of carbonyl (C=O) groups is 1. The Morgan fingerprint density at radius 2 is 1.87 bits per heavy atom. The second-order valence-corrected chi connectivity index (χ2v) is 10.2. The second-order valence-electron chi connectivity index (χ2n) is 7.55. The van der Waals surface area contributed by atoms with Crippen molar-refractivity contribution in [3.63, 3.8) is 0 Å². The Kier molecular flexibility index (Phi) is 5.66. The predicted octanol–water partition coefficient (Wildman–Crippen LogP) is 3.51. The van der Waals surface area contributed by atoms with Gasteiger partial charge in [0.25, 0.3) is 5.91 Å². The van der Waals surface area contributed by atoms with E-state index in [4.69, 9.17) is 11.6 Å². The molecule has 0 N–H and O–H groups in total. The lowest BCUT2D eigenvalue weighted by molar-refractivity contribution is 0.0748. The average molecular weight is 444 g/mol. The average Bonchev–Trinajstić information content (AvgIpc) is 3.31. The van der Waals surface area contributed by atoms with Crippen LogP contribution in [-0.4, -0.2) is 53.6 Å². The molecule has 6 nitrogen and oxygen atoms in total. The minimum absolute atomic E-state index is 0.00364. The Bertz CT molecular complexity index is 1160. The van der Waals surface area contributed by atoms with E-state index in [1.807, 2.05) is 42.5 Å². The first-order chi connectivity index (χ1) is 14.3. The van der Waals surface area contributed by atoms with Crippen molar-refractivity contribution in [2.45, 2.75) is 19.0 Å². The van der Waals surface area contributed by atoms with Crippen LogP contribution in [0.5, 0.6) is 0 Å². The molecule has 1 aliphatic heterocycles. The molecular weight excluding hydrogens is 422 g/mol. The summed E-state index contributed by atoms with van der Waals surface area (Å²) in [6.45, 7) is 0.524. The largest absolute Gasteiger partial charge is 0.338 e. The molecule has 1 aliphatic rings. The van der Waals surface area contributed by atoms with Crippen molar-refractivity contribution in [2.24, 2.45) is 0 Å². The van der Waals surface area contributed by atoms with Crippen LogP contribution in [0.1, 0.15) is 22.3 Å². The summed E-state index contributed by atoms with van der Waals surface area (Å²) >= 11 is 6.02. The van der Waals surface area contributed by atoms with Crippen LogP contribution in [0.25, 0.3) is 11.3 Å². The zero-order chi connectivity index (χ0) is 21.3. The summed E-state index contributed by atoms with van der Waals surface area (Å²) < 4.78 is 25.5. The first-order valence-corrected chi connectivity index (χ1v) is 11.9. The molecule has 0 aliphatic carbocycles. The molecule has 4 rings (SSSR count). The van der Waals surface area contributed by atoms with Gasteiger partial charge in [-0.1, -0.05) is 54.1 Å². The van der Waals surface area contributed by atoms with Crippen molar-refractivity contribution >= 4 is 27.3 Å². The maximum atomic E-state index is 13.3. The number of hydrogen-bond acceptors (Lipinski definition) is 4. The zero-order valence-corrected chi connectivity index (χ0v) is 18.1. The van der Waals surface area contributed by atoms with Crippen LogP contribution >= 0.6 is 11.6 Å². The first kappa shape index (κ1) is 20.6. The Hall–Kier alpha value is -2.64. The van der Waals surface area contributed by atoms with E-state index in [0.717, 1.165) is 11.1 Å². The smallest absolute Gasteiger partial charge is 0.257 e. The Morgan fingerprint density at radius 1 is 1.17 bits per heavy atom. The van der Waals surface area contributed by atoms with Gasteiger partial charge in [0.2, 0.25) is 0 Å². The minimum atomic E-state index is -3.09. The van der Waals surface area contributed by atoms with Gasteiger partial charge in [0.15, 0.2) is 9.84 Å². The number of aromatic nitrogens is 2. The number of hydrogen-bond donors (Lipinski definition) is 0. The highest BCUT2D eigenvalue weighted by molar-refractivity contribution is 7.91. The molecule has 2 heterocycles. The fourth-order valence-electron chi connectivity index (χ4n) is 3.69. The summed E-state index contributed by atoms with van der Waals surface area (Å²) in [7, 11) is -1.43. The molecule has 0 radical (unpaired) electrons. The Labute approximate surface area is 181 Å². The summed E-state index contributed by atoms with van der Waals surface area (Å²) in [5.74, 6) is -0.114. The van der Waals surface area contributed by atoms with E-state index in [1.54, 1.807) is 30.1 Å². The van der Waals surface area contributed by atoms with E-state index < -0.39 is 9.84 Å². The SMILES string of the molecule is CN(C(=O)c1cn(Cc2ccccc2)nc1-c1ccc(Cl)cc1)[C@H]1CCS(=O)(=O)C1. The van der Waals surface area contributed by atoms with Crippen molar-refractivity contribution in [1.82, 2.24) is 14.7 Å². The van der Waals surface area contributed by atoms with E-state index in [0.29, 0.717) is 29.2 Å². The Balaban J connectivity index is 1.69. The summed E-state index contributed by atoms with van der Waals surface area (Å²) in [6.07, 6.45) is 2.19. The van der Waals surface area contributed by atoms with Gasteiger partial charge in [0, 0.05) is 29.9 Å². The van der Waals surface area contributed by atoms with Crippen molar-refractivity contribution in [3.8, 4) is 11.3 Å². The van der Waals surface area contributed by atoms with Crippen molar-refractivity contribution in [3.05, 3.63) is 76.9 Å². The van der Waals surface area contributed by atoms with Gasteiger partial charge in [-0.25, -0.2) is 8.42 Å². The van der Waals surface area contributed by atoms with Gasteiger partial charge in [0.05, 0.1) is 23.6 Å². The summed E-state index contributed by atoms with van der Waals surface area (Å²) in [5.41, 5.74) is 2.85. The lowest BCUT2D eigenvalue weighted by Crippen LogP contribution is -2.37. The molecule has 0 bridgehead atoms. The molecule has 156 valence electrons. The molecule has 8 heteroatoms. The van der Waals surface area contributed by atoms with Crippen molar-refractivity contribution in [2.75, 3.05) is 18.6 Å². The molecule has 1 aromatic heterocycles. The van der Waals surface area contributed by atoms with Gasteiger partial charge in [-0.05, 0) is 24.1 Å². The fourth-order valence-corrected chi connectivity index (χ4v) is 5.59. The molecule has 1 saturated heterocycles. The van der Waals surface area contributed by atoms with E-state index in [1.165, 1.54) is 4.90 Å². The first-order valence-electron chi connectivity index (χ1n) is 9.67. The zero-order valence-electron chi connectivity index (χ0n) is 16.5. The normalized spacial score (nSPS) is 17.7. The van der Waals surface area contributed by atoms with E-state index in [9.17, 15) is 13.2 Å². The monoisotopic (exact) mass is 443 g/mol. The van der Waals surface area contributed by atoms with Crippen LogP contribution in [0.4, 0.5) is 0 Å². The standard InChI is InChI=1S/C22H22ClN3O3S/c1-25(19-11-12-30(28,29)15-19)22(27)20-14-26(13-16-5-3-2-4-6-16)24-21(20)17-7-9-18(23)10-8-17/h2-10,14,19H,11-13,15H2,1H3/t19-/m0/s1. The molecule has 1 atom stereocenters. The van der Waals surface area contributed by atoms with E-state index in [-0.39, 0.29) is 23.5 Å². The van der Waals surface area contributed by atoms with Gasteiger partial charge < -0.3 is 4.90 Å². The lowest BCUT2D eigenvalue weighted by Gasteiger charge is -2.23. The summed E-state index contributed by atoms with van der Waals surface area (Å²) in [4.78, 5) is 14.9. The molecule has 0 unspecified atom stereocenters. The van der Waals surface area contributed by atoms with Crippen LogP contribution in [0.2, 0.25) is 5.02 Å². The fraction of sp³-hybridized carbons (Fsp3) is 0.273. The number of sulfone groups is 1. The highest BCUT2D eigenvalue weighted by atomic mass is 35.5. The maximum Gasteiger partial charge on any atom is 0.257 e. The van der Waals surface area contributed by atoms with Crippen LogP contribution in [0.15, 0.2) is 60.8 Å². The molecular formula is C22H22ClN3O3S. The number of amides is 1. The van der Waals surface area contributed by atoms with Gasteiger partial charge in [-0.3, -0.25) is 9.48 Å². The third-order valence-corrected chi connectivity index (χ3v) is 7.38. The molecule has 30 heavy (non-hydrogen) atoms. The highest BCUT2D eigenvalue weighted by Gasteiger charge is 2.34. The third-order valence-electron chi connectivity index (χ3n) is 5.37. The molecule has 0 saturated carbocycles. The number of benzene rings is 2. The van der Waals surface area contributed by atoms with Gasteiger partial charge >= 0.3 is 0 Å². The van der Waals surface area contributed by atoms with Crippen LogP contribution in [0.3, 0.4) is 0 Å². The van der Waals surface area contributed by atoms with E-state index in [2.05, 4.69) is 5.10 Å². The summed E-state index contributed by atoms with van der Waals surface area (Å²) in [6, 6.07) is 16.7. The molecule has 1 fully saturated rings. The highest BCUT2D eigenvalue weighted by Crippen LogP contribution is 2.27. The van der Waals surface area contributed by atoms with Crippen LogP contribution in [-0.2, 0) is 16.4 Å². The molecule has 3 aromatic rings. The van der Waals surface area contributed by atoms with Crippen LogP contribution in [0, 0.1) is 0 Å². The number of nitrogens with zero attached hydrogens (tertiary/aromatic N) is 3. The van der Waals surface area contributed by atoms with Crippen LogP contribution < -0.4 is 0 Å². The van der Waals surface area contributed by atoms with Gasteiger partial charge in [-0.2, -0.15) is 5.10 Å².